The largest absolute Gasteiger partial charge is 0.317 e. The molecule has 4 nitrogen and oxygen atoms in total. The van der Waals surface area contributed by atoms with Crippen LogP contribution in [0.5, 0.6) is 0 Å². The summed E-state index contributed by atoms with van der Waals surface area (Å²) in [6, 6.07) is 1.93. The van der Waals surface area contributed by atoms with E-state index >= 15 is 0 Å². The predicted octanol–water partition coefficient (Wildman–Crippen LogP) is -0.323. The van der Waals surface area contributed by atoms with Gasteiger partial charge in [-0.15, -0.1) is 0 Å². The second kappa shape index (κ2) is 3.04. The van der Waals surface area contributed by atoms with Crippen LogP contribution in [0.2, 0.25) is 0 Å². The first kappa shape index (κ1) is 9.49. The first-order valence-corrected chi connectivity index (χ1v) is 5.72. The van der Waals surface area contributed by atoms with E-state index in [1.54, 1.807) is 0 Å². The van der Waals surface area contributed by atoms with Crippen molar-refractivity contribution < 1.29 is 8.42 Å². The summed E-state index contributed by atoms with van der Waals surface area (Å²) in [5.74, 6) is 0. The number of hydrogen-bond donors (Lipinski definition) is 1. The zero-order chi connectivity index (χ0) is 9.24. The fraction of sp³-hybridized carbons (Fsp3) is 0.857. The lowest BCUT2D eigenvalue weighted by Crippen LogP contribution is -2.46. The minimum Gasteiger partial charge on any atom is -0.317 e. The predicted molar refractivity (Wildman–Crippen MR) is 45.3 cm³/mol. The highest BCUT2D eigenvalue weighted by molar-refractivity contribution is 7.92. The van der Waals surface area contributed by atoms with Crippen LogP contribution in [0.3, 0.4) is 0 Å². The summed E-state index contributed by atoms with van der Waals surface area (Å²) < 4.78 is 21.5. The summed E-state index contributed by atoms with van der Waals surface area (Å²) in [4.78, 5) is 0. The molecule has 1 aliphatic heterocycles. The molecule has 1 fully saturated rings. The molecule has 1 heterocycles. The summed E-state index contributed by atoms with van der Waals surface area (Å²) in [6.07, 6.45) is 1.95. The lowest BCUT2D eigenvalue weighted by molar-refractivity contribution is 0.447. The van der Waals surface area contributed by atoms with Crippen LogP contribution in [-0.4, -0.2) is 32.5 Å². The van der Waals surface area contributed by atoms with Crippen molar-refractivity contribution in [3.05, 3.63) is 0 Å². The zero-order valence-corrected chi connectivity index (χ0v) is 7.82. The number of piperidine rings is 1. The molecule has 12 heavy (non-hydrogen) atoms. The number of sulfone groups is 1. The zero-order valence-electron chi connectivity index (χ0n) is 7.00. The van der Waals surface area contributed by atoms with E-state index < -0.39 is 14.6 Å². The highest BCUT2D eigenvalue weighted by atomic mass is 32.2. The van der Waals surface area contributed by atoms with Crippen LogP contribution in [0.15, 0.2) is 0 Å². The number of nitrogens with one attached hydrogen (secondary N) is 1. The van der Waals surface area contributed by atoms with E-state index in [2.05, 4.69) is 5.32 Å². The monoisotopic (exact) mass is 188 g/mol. The molecule has 0 aromatic rings. The number of nitriles is 1. The van der Waals surface area contributed by atoms with E-state index in [1.807, 2.05) is 6.07 Å². The molecule has 0 aromatic heterocycles. The van der Waals surface area contributed by atoms with Crippen molar-refractivity contribution in [3.63, 3.8) is 0 Å². The minimum absolute atomic E-state index is 0.405. The normalized spacial score (nSPS) is 23.0. The van der Waals surface area contributed by atoms with Gasteiger partial charge in [-0.2, -0.15) is 5.26 Å². The minimum atomic E-state index is -3.24. The summed E-state index contributed by atoms with van der Waals surface area (Å²) >= 11 is 0. The van der Waals surface area contributed by atoms with Gasteiger partial charge in [0.1, 0.15) is 0 Å². The van der Waals surface area contributed by atoms with Crippen molar-refractivity contribution in [1.82, 2.24) is 5.32 Å². The number of hydrogen-bond acceptors (Lipinski definition) is 4. The van der Waals surface area contributed by atoms with E-state index in [0.717, 1.165) is 6.26 Å². The van der Waals surface area contributed by atoms with Gasteiger partial charge in [0, 0.05) is 6.26 Å². The van der Waals surface area contributed by atoms with E-state index in [-0.39, 0.29) is 0 Å². The summed E-state index contributed by atoms with van der Waals surface area (Å²) in [5.41, 5.74) is 0. The molecule has 0 unspecified atom stereocenters. The van der Waals surface area contributed by atoms with E-state index in [0.29, 0.717) is 25.9 Å². The van der Waals surface area contributed by atoms with Gasteiger partial charge < -0.3 is 5.32 Å². The molecule has 0 saturated carbocycles. The third-order valence-corrected chi connectivity index (χ3v) is 4.24. The SMILES string of the molecule is CS(=O)(=O)C1(C#N)CCNCC1. The van der Waals surface area contributed by atoms with Crippen LogP contribution < -0.4 is 5.32 Å². The van der Waals surface area contributed by atoms with Crippen molar-refractivity contribution >= 4 is 9.84 Å². The summed E-state index contributed by atoms with van der Waals surface area (Å²) in [6.45, 7) is 1.22. The molecule has 5 heteroatoms. The first-order valence-electron chi connectivity index (χ1n) is 3.83. The molecule has 0 radical (unpaired) electrons. The van der Waals surface area contributed by atoms with Crippen LogP contribution in [-0.2, 0) is 9.84 Å². The second-order valence-corrected chi connectivity index (χ2v) is 5.45. The maximum atomic E-state index is 11.3. The molecule has 1 rings (SSSR count). The molecule has 1 N–H and O–H groups in total. The van der Waals surface area contributed by atoms with Gasteiger partial charge in [-0.1, -0.05) is 0 Å². The topological polar surface area (TPSA) is 70.0 Å². The van der Waals surface area contributed by atoms with Gasteiger partial charge in [-0.3, -0.25) is 0 Å². The Morgan fingerprint density at radius 1 is 1.42 bits per heavy atom. The molecular formula is C7H12N2O2S. The van der Waals surface area contributed by atoms with Crippen molar-refractivity contribution in [1.29, 1.82) is 5.26 Å². The second-order valence-electron chi connectivity index (χ2n) is 3.13. The van der Waals surface area contributed by atoms with Crippen molar-refractivity contribution in [3.8, 4) is 6.07 Å². The quantitative estimate of drug-likeness (QED) is 0.612. The average Bonchev–Trinajstić information content (AvgIpc) is 2.04. The van der Waals surface area contributed by atoms with Crippen LogP contribution in [0.25, 0.3) is 0 Å². The van der Waals surface area contributed by atoms with Gasteiger partial charge in [-0.05, 0) is 25.9 Å². The van der Waals surface area contributed by atoms with Gasteiger partial charge in [0.05, 0.1) is 6.07 Å². The highest BCUT2D eigenvalue weighted by Gasteiger charge is 2.41. The molecule has 0 aromatic carbocycles. The lowest BCUT2D eigenvalue weighted by atomic mass is 9.99. The maximum absolute atomic E-state index is 11.3. The molecule has 0 spiro atoms. The summed E-state index contributed by atoms with van der Waals surface area (Å²) in [5, 5.41) is 11.9. The highest BCUT2D eigenvalue weighted by Crippen LogP contribution is 2.26. The third-order valence-electron chi connectivity index (χ3n) is 2.32. The Morgan fingerprint density at radius 3 is 2.17 bits per heavy atom. The van der Waals surface area contributed by atoms with Crippen LogP contribution >= 0.6 is 0 Å². The molecule has 0 amide bonds. The van der Waals surface area contributed by atoms with Crippen LogP contribution in [0, 0.1) is 11.3 Å². The Balaban J connectivity index is 2.99. The van der Waals surface area contributed by atoms with E-state index in [4.69, 9.17) is 5.26 Å². The lowest BCUT2D eigenvalue weighted by Gasteiger charge is -2.28. The van der Waals surface area contributed by atoms with Crippen molar-refractivity contribution in [2.45, 2.75) is 17.6 Å². The van der Waals surface area contributed by atoms with Gasteiger partial charge >= 0.3 is 0 Å². The van der Waals surface area contributed by atoms with Gasteiger partial charge in [0.25, 0.3) is 0 Å². The van der Waals surface area contributed by atoms with Crippen LogP contribution in [0.4, 0.5) is 0 Å². The van der Waals surface area contributed by atoms with E-state index in [1.165, 1.54) is 0 Å². The van der Waals surface area contributed by atoms with Gasteiger partial charge in [-0.25, -0.2) is 8.42 Å². The number of nitrogens with zero attached hydrogens (tertiary/aromatic N) is 1. The Bertz CT molecular complexity index is 296. The standard InChI is InChI=1S/C7H12N2O2S/c1-12(10,11)7(6-8)2-4-9-5-3-7/h9H,2-5H2,1H3. The molecular weight excluding hydrogens is 176 g/mol. The fourth-order valence-electron chi connectivity index (χ4n) is 1.40. The van der Waals surface area contributed by atoms with Crippen LogP contribution in [0.1, 0.15) is 12.8 Å². The Morgan fingerprint density at radius 2 is 1.92 bits per heavy atom. The summed E-state index contributed by atoms with van der Waals surface area (Å²) in [7, 11) is -3.24. The molecule has 0 aliphatic carbocycles. The Kier molecular flexibility index (Phi) is 2.40. The first-order chi connectivity index (χ1) is 5.52. The third kappa shape index (κ3) is 1.45. The number of rotatable bonds is 1. The molecule has 1 aliphatic rings. The van der Waals surface area contributed by atoms with Gasteiger partial charge in [0.15, 0.2) is 14.6 Å². The molecule has 1 saturated heterocycles. The molecule has 0 atom stereocenters. The molecule has 0 bridgehead atoms. The average molecular weight is 188 g/mol. The smallest absolute Gasteiger partial charge is 0.166 e. The fourth-order valence-corrected chi connectivity index (χ4v) is 2.51. The van der Waals surface area contributed by atoms with E-state index in [9.17, 15) is 8.42 Å². The Hall–Kier alpha value is -0.600. The van der Waals surface area contributed by atoms with Crippen molar-refractivity contribution in [2.24, 2.45) is 0 Å². The van der Waals surface area contributed by atoms with Gasteiger partial charge in [0.2, 0.25) is 0 Å². The molecule has 68 valence electrons. The maximum Gasteiger partial charge on any atom is 0.166 e. The Labute approximate surface area is 72.5 Å². The van der Waals surface area contributed by atoms with Crippen molar-refractivity contribution in [2.75, 3.05) is 19.3 Å².